The Morgan fingerprint density at radius 1 is 1.43 bits per heavy atom. The van der Waals surface area contributed by atoms with E-state index in [0.29, 0.717) is 12.0 Å². The Morgan fingerprint density at radius 3 is 2.71 bits per heavy atom. The summed E-state index contributed by atoms with van der Waals surface area (Å²) < 4.78 is 5.31. The number of ether oxygens (including phenoxy) is 1. The van der Waals surface area contributed by atoms with Crippen LogP contribution in [0.25, 0.3) is 0 Å². The van der Waals surface area contributed by atoms with E-state index >= 15 is 0 Å². The summed E-state index contributed by atoms with van der Waals surface area (Å²) in [5, 5.41) is 3.28. The molecule has 1 N–H and O–H groups in total. The van der Waals surface area contributed by atoms with Crippen molar-refractivity contribution in [1.82, 2.24) is 10.2 Å². The molecule has 0 saturated carbocycles. The quantitative estimate of drug-likeness (QED) is 0.626. The summed E-state index contributed by atoms with van der Waals surface area (Å²) in [5.41, 5.74) is -0.381. The van der Waals surface area contributed by atoms with Crippen LogP contribution in [0, 0.1) is 5.92 Å². The van der Waals surface area contributed by atoms with Crippen molar-refractivity contribution in [3.63, 3.8) is 0 Å². The monoisotopic (exact) mass is 198 g/mol. The van der Waals surface area contributed by atoms with Gasteiger partial charge in [-0.25, -0.2) is 4.79 Å². The summed E-state index contributed by atoms with van der Waals surface area (Å²) in [5.74, 6) is 0.655. The number of carbonyl (C=O) groups is 1. The summed E-state index contributed by atoms with van der Waals surface area (Å²) in [7, 11) is 0. The van der Waals surface area contributed by atoms with Crippen molar-refractivity contribution >= 4 is 6.09 Å². The van der Waals surface area contributed by atoms with Crippen molar-refractivity contribution in [2.45, 2.75) is 32.4 Å². The van der Waals surface area contributed by atoms with Crippen molar-refractivity contribution in [2.75, 3.05) is 19.6 Å². The minimum absolute atomic E-state index is 0.164. The average molecular weight is 198 g/mol. The summed E-state index contributed by atoms with van der Waals surface area (Å²) in [6.07, 6.45) is -0.164. The zero-order valence-corrected chi connectivity index (χ0v) is 9.04. The molecule has 0 aromatic heterocycles. The minimum atomic E-state index is -0.381. The highest BCUT2D eigenvalue weighted by atomic mass is 16.6. The Kier molecular flexibility index (Phi) is 2.18. The minimum Gasteiger partial charge on any atom is -0.444 e. The molecule has 4 nitrogen and oxygen atoms in total. The van der Waals surface area contributed by atoms with E-state index in [4.69, 9.17) is 4.74 Å². The van der Waals surface area contributed by atoms with E-state index in [2.05, 4.69) is 5.32 Å². The number of likely N-dealkylation sites (tertiary alicyclic amines) is 1. The maximum atomic E-state index is 11.7. The van der Waals surface area contributed by atoms with Crippen molar-refractivity contribution in [1.29, 1.82) is 0 Å². The molecule has 1 unspecified atom stereocenters. The number of rotatable bonds is 0. The van der Waals surface area contributed by atoms with Crippen molar-refractivity contribution in [3.8, 4) is 0 Å². The molecule has 0 spiro atoms. The highest BCUT2D eigenvalue weighted by molar-refractivity contribution is 5.70. The van der Waals surface area contributed by atoms with Crippen molar-refractivity contribution < 1.29 is 9.53 Å². The van der Waals surface area contributed by atoms with Gasteiger partial charge in [0.25, 0.3) is 0 Å². The van der Waals surface area contributed by atoms with Gasteiger partial charge < -0.3 is 15.0 Å². The van der Waals surface area contributed by atoms with Crippen LogP contribution in [0.5, 0.6) is 0 Å². The Bertz CT molecular complexity index is 247. The van der Waals surface area contributed by atoms with Crippen LogP contribution < -0.4 is 5.32 Å². The molecule has 2 saturated heterocycles. The zero-order chi connectivity index (χ0) is 10.3. The fraction of sp³-hybridized carbons (Fsp3) is 0.900. The van der Waals surface area contributed by atoms with Gasteiger partial charge in [-0.1, -0.05) is 0 Å². The second-order valence-electron chi connectivity index (χ2n) is 5.12. The lowest BCUT2D eigenvalue weighted by Gasteiger charge is -2.43. The molecule has 0 aromatic carbocycles. The molecule has 0 aromatic rings. The first-order valence-corrected chi connectivity index (χ1v) is 5.18. The molecule has 80 valence electrons. The highest BCUT2D eigenvalue weighted by Crippen LogP contribution is 2.29. The summed E-state index contributed by atoms with van der Waals surface area (Å²) in [6.45, 7) is 8.51. The van der Waals surface area contributed by atoms with Crippen LogP contribution in [-0.4, -0.2) is 42.3 Å². The number of nitrogens with zero attached hydrogens (tertiary/aromatic N) is 1. The van der Waals surface area contributed by atoms with E-state index in [1.165, 1.54) is 0 Å². The van der Waals surface area contributed by atoms with Crippen LogP contribution in [0.1, 0.15) is 20.8 Å². The first kappa shape index (κ1) is 9.77. The fourth-order valence-electron chi connectivity index (χ4n) is 2.05. The van der Waals surface area contributed by atoms with Crippen LogP contribution in [0.2, 0.25) is 0 Å². The first-order valence-electron chi connectivity index (χ1n) is 5.18. The predicted molar refractivity (Wildman–Crippen MR) is 53.1 cm³/mol. The molecule has 1 amide bonds. The number of nitrogens with one attached hydrogen (secondary N) is 1. The zero-order valence-electron chi connectivity index (χ0n) is 9.04. The fourth-order valence-corrected chi connectivity index (χ4v) is 2.05. The van der Waals surface area contributed by atoms with Gasteiger partial charge in [0.15, 0.2) is 0 Å². The lowest BCUT2D eigenvalue weighted by Crippen LogP contribution is -2.59. The standard InChI is InChI=1S/C10H18N2O2/c1-10(2,3)14-9(13)12-6-7-4-11-5-8(7)12/h7-8,11H,4-6H2,1-3H3/t7-,8?/m1/s1. The molecule has 2 rings (SSSR count). The van der Waals surface area contributed by atoms with Gasteiger partial charge in [0, 0.05) is 25.6 Å². The third-order valence-corrected chi connectivity index (χ3v) is 2.76. The maximum Gasteiger partial charge on any atom is 0.410 e. The van der Waals surface area contributed by atoms with Crippen LogP contribution in [0.15, 0.2) is 0 Å². The van der Waals surface area contributed by atoms with Crippen molar-refractivity contribution in [3.05, 3.63) is 0 Å². The molecule has 0 radical (unpaired) electrons. The Labute approximate surface area is 84.6 Å². The molecule has 2 atom stereocenters. The van der Waals surface area contributed by atoms with Gasteiger partial charge in [-0.3, -0.25) is 0 Å². The lowest BCUT2D eigenvalue weighted by molar-refractivity contribution is -0.0163. The SMILES string of the molecule is CC(C)(C)OC(=O)N1C[C@H]2CNCC21. The Hall–Kier alpha value is -0.770. The lowest BCUT2D eigenvalue weighted by atomic mass is 9.93. The van der Waals surface area contributed by atoms with E-state index in [0.717, 1.165) is 19.6 Å². The molecule has 2 aliphatic rings. The number of hydrogen-bond acceptors (Lipinski definition) is 3. The van der Waals surface area contributed by atoms with Crippen LogP contribution in [0.4, 0.5) is 4.79 Å². The third-order valence-electron chi connectivity index (χ3n) is 2.76. The molecule has 2 aliphatic heterocycles. The van der Waals surface area contributed by atoms with Gasteiger partial charge in [0.2, 0.25) is 0 Å². The number of carbonyl (C=O) groups excluding carboxylic acids is 1. The second kappa shape index (κ2) is 3.12. The topological polar surface area (TPSA) is 41.6 Å². The summed E-state index contributed by atoms with van der Waals surface area (Å²) >= 11 is 0. The van der Waals surface area contributed by atoms with Gasteiger partial charge in [-0.15, -0.1) is 0 Å². The van der Waals surface area contributed by atoms with Gasteiger partial charge in [0.1, 0.15) is 5.60 Å². The third kappa shape index (κ3) is 1.71. The average Bonchev–Trinajstić information content (AvgIpc) is 2.28. The molecular weight excluding hydrogens is 180 g/mol. The second-order valence-corrected chi connectivity index (χ2v) is 5.12. The van der Waals surface area contributed by atoms with Gasteiger partial charge >= 0.3 is 6.09 Å². The smallest absolute Gasteiger partial charge is 0.410 e. The predicted octanol–water partition coefficient (Wildman–Crippen LogP) is 0.825. The van der Waals surface area contributed by atoms with Crippen molar-refractivity contribution in [2.24, 2.45) is 5.92 Å². The number of amides is 1. The van der Waals surface area contributed by atoms with Crippen LogP contribution in [0.3, 0.4) is 0 Å². The molecule has 2 heterocycles. The summed E-state index contributed by atoms with van der Waals surface area (Å²) in [6, 6.07) is 0.379. The first-order chi connectivity index (χ1) is 6.47. The van der Waals surface area contributed by atoms with E-state index in [1.807, 2.05) is 25.7 Å². The Morgan fingerprint density at radius 2 is 2.14 bits per heavy atom. The van der Waals surface area contributed by atoms with E-state index in [1.54, 1.807) is 0 Å². The van der Waals surface area contributed by atoms with Gasteiger partial charge in [-0.05, 0) is 20.8 Å². The van der Waals surface area contributed by atoms with Crippen LogP contribution in [-0.2, 0) is 4.74 Å². The normalized spacial score (nSPS) is 30.9. The highest BCUT2D eigenvalue weighted by Gasteiger charge is 2.46. The molecule has 0 aliphatic carbocycles. The number of fused-ring (bicyclic) bond motifs is 1. The largest absolute Gasteiger partial charge is 0.444 e. The van der Waals surface area contributed by atoms with Crippen LogP contribution >= 0.6 is 0 Å². The molecule has 4 heteroatoms. The number of hydrogen-bond donors (Lipinski definition) is 1. The maximum absolute atomic E-state index is 11.7. The molecule has 0 bridgehead atoms. The van der Waals surface area contributed by atoms with Gasteiger partial charge in [-0.2, -0.15) is 0 Å². The molecule has 14 heavy (non-hydrogen) atoms. The molecular formula is C10H18N2O2. The van der Waals surface area contributed by atoms with E-state index in [-0.39, 0.29) is 11.7 Å². The van der Waals surface area contributed by atoms with E-state index < -0.39 is 0 Å². The molecule has 2 fully saturated rings. The summed E-state index contributed by atoms with van der Waals surface area (Å²) in [4.78, 5) is 13.5. The van der Waals surface area contributed by atoms with E-state index in [9.17, 15) is 4.79 Å². The Balaban J connectivity index is 1.88. The van der Waals surface area contributed by atoms with Gasteiger partial charge in [0.05, 0.1) is 6.04 Å².